The number of unbranched alkanes of at least 4 members (excludes halogenated alkanes) is 1. The number of hydrogen-bond donors (Lipinski definition) is 2. The van der Waals surface area contributed by atoms with Crippen LogP contribution in [-0.4, -0.2) is 46.3 Å². The summed E-state index contributed by atoms with van der Waals surface area (Å²) in [5, 5.41) is 13.9. The summed E-state index contributed by atoms with van der Waals surface area (Å²) in [7, 11) is 0. The number of nitrogens with one attached hydrogen (secondary N) is 1. The van der Waals surface area contributed by atoms with Crippen molar-refractivity contribution in [3.8, 4) is 5.75 Å². The largest absolute Gasteiger partial charge is 0.502 e. The molecule has 0 saturated carbocycles. The Balaban J connectivity index is 1.95. The molecule has 2 heterocycles. The molecular weight excluding hydrogens is 446 g/mol. The minimum atomic E-state index is -1.02. The lowest BCUT2D eigenvalue weighted by Crippen LogP contribution is -2.54. The number of rotatable bonds is 7. The first-order valence-electron chi connectivity index (χ1n) is 10.1. The normalized spacial score (nSPS) is 13.3. The Labute approximate surface area is 188 Å². The highest BCUT2D eigenvalue weighted by Crippen LogP contribution is 2.23. The van der Waals surface area contributed by atoms with Crippen LogP contribution in [0.4, 0.5) is 8.78 Å². The van der Waals surface area contributed by atoms with E-state index in [1.165, 1.54) is 15.8 Å². The molecule has 0 bridgehead atoms. The molecule has 0 radical (unpaired) electrons. The van der Waals surface area contributed by atoms with E-state index in [-0.39, 0.29) is 24.5 Å². The lowest BCUT2D eigenvalue weighted by molar-refractivity contribution is 0.0695. The van der Waals surface area contributed by atoms with Gasteiger partial charge < -0.3 is 15.3 Å². The summed E-state index contributed by atoms with van der Waals surface area (Å²) >= 11 is 5.55. The third kappa shape index (κ3) is 4.27. The molecule has 1 aromatic carbocycles. The van der Waals surface area contributed by atoms with Crippen molar-refractivity contribution < 1.29 is 23.5 Å². The lowest BCUT2D eigenvalue weighted by atomic mass is 10.1. The van der Waals surface area contributed by atoms with Crippen molar-refractivity contribution in [2.75, 3.05) is 24.8 Å². The number of pyridine rings is 1. The van der Waals surface area contributed by atoms with Crippen LogP contribution in [0.3, 0.4) is 0 Å². The first-order valence-corrected chi connectivity index (χ1v) is 10.5. The van der Waals surface area contributed by atoms with Gasteiger partial charge in [0.2, 0.25) is 5.43 Å². The molecule has 0 atom stereocenters. The van der Waals surface area contributed by atoms with Crippen LogP contribution >= 0.6 is 11.6 Å². The van der Waals surface area contributed by atoms with Crippen molar-refractivity contribution in [1.82, 2.24) is 14.9 Å². The predicted molar refractivity (Wildman–Crippen MR) is 114 cm³/mol. The summed E-state index contributed by atoms with van der Waals surface area (Å²) in [6.07, 6.45) is 2.85. The van der Waals surface area contributed by atoms with Gasteiger partial charge in [0, 0.05) is 31.4 Å². The number of fused-ring (bicyclic) bond motifs is 1. The fourth-order valence-electron chi connectivity index (χ4n) is 3.39. The summed E-state index contributed by atoms with van der Waals surface area (Å²) in [4.78, 5) is 39.5. The second-order valence-electron chi connectivity index (χ2n) is 7.32. The molecular formula is C21H23ClF2N4O4. The second kappa shape index (κ2) is 9.56. The number of amides is 2. The molecule has 1 aliphatic rings. The number of carbonyl (C=O) groups excluding carboxylic acids is 2. The highest BCUT2D eigenvalue weighted by molar-refractivity contribution is 6.30. The SMILES string of the molecule is CCCCN1CN(CC)C(=O)c2c(O)c(=O)c(C(=O)NCc3ccc(F)c(Cl)c3F)cn21. The van der Waals surface area contributed by atoms with Crippen LogP contribution in [0, 0.1) is 11.6 Å². The zero-order chi connectivity index (χ0) is 23.6. The van der Waals surface area contributed by atoms with E-state index in [1.807, 2.05) is 6.92 Å². The van der Waals surface area contributed by atoms with Gasteiger partial charge in [-0.05, 0) is 19.4 Å². The van der Waals surface area contributed by atoms with Crippen LogP contribution in [0.1, 0.15) is 53.1 Å². The third-order valence-corrected chi connectivity index (χ3v) is 5.59. The van der Waals surface area contributed by atoms with Gasteiger partial charge in [-0.3, -0.25) is 24.1 Å². The summed E-state index contributed by atoms with van der Waals surface area (Å²) in [6.45, 7) is 4.54. The summed E-state index contributed by atoms with van der Waals surface area (Å²) in [6, 6.07) is 2.09. The van der Waals surface area contributed by atoms with Crippen molar-refractivity contribution in [3.63, 3.8) is 0 Å². The quantitative estimate of drug-likeness (QED) is 0.609. The Kier molecular flexibility index (Phi) is 7.02. The Morgan fingerprint density at radius 1 is 1.25 bits per heavy atom. The van der Waals surface area contributed by atoms with Gasteiger partial charge >= 0.3 is 0 Å². The number of nitrogens with zero attached hydrogens (tertiary/aromatic N) is 3. The molecule has 2 N–H and O–H groups in total. The maximum Gasteiger partial charge on any atom is 0.277 e. The van der Waals surface area contributed by atoms with Gasteiger partial charge in [-0.15, -0.1) is 0 Å². The van der Waals surface area contributed by atoms with E-state index in [0.717, 1.165) is 25.0 Å². The summed E-state index contributed by atoms with van der Waals surface area (Å²) in [5.74, 6) is -4.20. The van der Waals surface area contributed by atoms with Gasteiger partial charge in [0.05, 0.1) is 0 Å². The monoisotopic (exact) mass is 468 g/mol. The first-order chi connectivity index (χ1) is 15.2. The first kappa shape index (κ1) is 23.5. The van der Waals surface area contributed by atoms with Gasteiger partial charge in [-0.1, -0.05) is 31.0 Å². The predicted octanol–water partition coefficient (Wildman–Crippen LogP) is 2.59. The standard InChI is InChI=1S/C21H23ClF2N4O4/c1-3-5-8-27-11-26(4-2)21(32)17-19(30)18(29)13(10-28(17)27)20(31)25-9-12-6-7-14(23)15(22)16(12)24/h6-7,10,30H,3-5,8-9,11H2,1-2H3,(H,25,31). The van der Waals surface area contributed by atoms with Gasteiger partial charge in [-0.2, -0.15) is 0 Å². The van der Waals surface area contributed by atoms with E-state index in [9.17, 15) is 28.3 Å². The van der Waals surface area contributed by atoms with Gasteiger partial charge in [0.1, 0.15) is 28.9 Å². The topological polar surface area (TPSA) is 94.9 Å². The third-order valence-electron chi connectivity index (χ3n) is 5.24. The molecule has 0 fully saturated rings. The average molecular weight is 469 g/mol. The number of carbonyl (C=O) groups is 2. The molecule has 1 aromatic heterocycles. The smallest absolute Gasteiger partial charge is 0.277 e. The number of aromatic nitrogens is 1. The van der Waals surface area contributed by atoms with E-state index in [4.69, 9.17) is 11.6 Å². The van der Waals surface area contributed by atoms with E-state index < -0.39 is 45.2 Å². The fourth-order valence-corrected chi connectivity index (χ4v) is 3.57. The molecule has 3 rings (SSSR count). The molecule has 2 amide bonds. The van der Waals surface area contributed by atoms with E-state index in [0.29, 0.717) is 13.1 Å². The molecule has 8 nitrogen and oxygen atoms in total. The Bertz CT molecular complexity index is 1120. The van der Waals surface area contributed by atoms with Gasteiger partial charge in [0.25, 0.3) is 11.8 Å². The number of hydrogen-bond acceptors (Lipinski definition) is 5. The molecule has 1 aliphatic heterocycles. The van der Waals surface area contributed by atoms with E-state index >= 15 is 0 Å². The second-order valence-corrected chi connectivity index (χ2v) is 7.70. The summed E-state index contributed by atoms with van der Waals surface area (Å²) in [5.41, 5.74) is -1.73. The molecule has 11 heteroatoms. The Morgan fingerprint density at radius 3 is 2.62 bits per heavy atom. The van der Waals surface area contributed by atoms with Gasteiger partial charge in [0.15, 0.2) is 11.4 Å². The zero-order valence-corrected chi connectivity index (χ0v) is 18.4. The summed E-state index contributed by atoms with van der Waals surface area (Å²) < 4.78 is 28.7. The molecule has 0 spiro atoms. The average Bonchev–Trinajstić information content (AvgIpc) is 2.78. The van der Waals surface area contributed by atoms with Crippen molar-refractivity contribution >= 4 is 23.4 Å². The molecule has 0 unspecified atom stereocenters. The highest BCUT2D eigenvalue weighted by atomic mass is 35.5. The van der Waals surface area contributed by atoms with Crippen LogP contribution in [-0.2, 0) is 6.54 Å². The fraction of sp³-hybridized carbons (Fsp3) is 0.381. The molecule has 32 heavy (non-hydrogen) atoms. The van der Waals surface area contributed by atoms with Crippen molar-refractivity contribution in [2.24, 2.45) is 0 Å². The maximum atomic E-state index is 14.1. The van der Waals surface area contributed by atoms with Crippen LogP contribution in [0.5, 0.6) is 5.75 Å². The molecule has 0 saturated heterocycles. The molecule has 0 aliphatic carbocycles. The number of halogens is 3. The zero-order valence-electron chi connectivity index (χ0n) is 17.6. The van der Waals surface area contributed by atoms with Crippen LogP contribution in [0.2, 0.25) is 5.02 Å². The Morgan fingerprint density at radius 2 is 1.97 bits per heavy atom. The molecule has 172 valence electrons. The van der Waals surface area contributed by atoms with Crippen LogP contribution in [0.15, 0.2) is 23.1 Å². The number of aromatic hydroxyl groups is 1. The minimum Gasteiger partial charge on any atom is -0.502 e. The maximum absolute atomic E-state index is 14.1. The highest BCUT2D eigenvalue weighted by Gasteiger charge is 2.33. The van der Waals surface area contributed by atoms with Crippen molar-refractivity contribution in [3.05, 3.63) is 62.0 Å². The molecule has 2 aromatic rings. The minimum absolute atomic E-state index is 0.0784. The van der Waals surface area contributed by atoms with Crippen molar-refractivity contribution in [1.29, 1.82) is 0 Å². The van der Waals surface area contributed by atoms with Crippen LogP contribution in [0.25, 0.3) is 0 Å². The van der Waals surface area contributed by atoms with Crippen molar-refractivity contribution in [2.45, 2.75) is 33.2 Å². The van der Waals surface area contributed by atoms with E-state index in [2.05, 4.69) is 5.32 Å². The Hall–Kier alpha value is -3.14. The van der Waals surface area contributed by atoms with Gasteiger partial charge in [-0.25, -0.2) is 8.78 Å². The number of benzene rings is 1. The van der Waals surface area contributed by atoms with Crippen LogP contribution < -0.4 is 15.8 Å². The van der Waals surface area contributed by atoms with E-state index in [1.54, 1.807) is 11.9 Å². The lowest BCUT2D eigenvalue weighted by Gasteiger charge is -2.39.